The summed E-state index contributed by atoms with van der Waals surface area (Å²) in [6, 6.07) is 0. The zero-order valence-corrected chi connectivity index (χ0v) is 8.01. The van der Waals surface area contributed by atoms with Crippen LogP contribution in [0.4, 0.5) is 0 Å². The predicted molar refractivity (Wildman–Crippen MR) is 50.4 cm³/mol. The Kier molecular flexibility index (Phi) is 2.56. The second-order valence-electron chi connectivity index (χ2n) is 3.00. The molecule has 0 aromatic carbocycles. The van der Waals surface area contributed by atoms with E-state index in [0.717, 1.165) is 13.1 Å². The second kappa shape index (κ2) is 3.85. The van der Waals surface area contributed by atoms with E-state index >= 15 is 0 Å². The minimum Gasteiger partial charge on any atom is -0.284 e. The lowest BCUT2D eigenvalue weighted by atomic mass is 10.4. The van der Waals surface area contributed by atoms with Crippen LogP contribution in [0.5, 0.6) is 0 Å². The maximum absolute atomic E-state index is 11.5. The predicted octanol–water partition coefficient (Wildman–Crippen LogP) is 0.884. The molecular weight excluding hydrogens is 186 g/mol. The Morgan fingerprint density at radius 1 is 1.54 bits per heavy atom. The van der Waals surface area contributed by atoms with Crippen molar-refractivity contribution in [2.75, 3.05) is 13.1 Å². The molecule has 1 fully saturated rings. The quantitative estimate of drug-likeness (QED) is 0.765. The molecule has 0 unspecified atom stereocenters. The molecule has 0 aliphatic carbocycles. The molecule has 13 heavy (non-hydrogen) atoms. The summed E-state index contributed by atoms with van der Waals surface area (Å²) in [5.41, 5.74) is 4.51. The molecule has 0 atom stereocenters. The molecule has 1 saturated heterocycles. The van der Waals surface area contributed by atoms with Gasteiger partial charge in [0.25, 0.3) is 5.91 Å². The number of hydrogen-bond donors (Lipinski definition) is 1. The number of amides is 1. The summed E-state index contributed by atoms with van der Waals surface area (Å²) in [4.78, 5) is 16.0. The first-order valence-corrected chi connectivity index (χ1v) is 5.18. The van der Waals surface area contributed by atoms with Crippen molar-refractivity contribution in [1.29, 1.82) is 0 Å². The van der Waals surface area contributed by atoms with E-state index < -0.39 is 0 Å². The van der Waals surface area contributed by atoms with Gasteiger partial charge in [0.1, 0.15) is 4.88 Å². The molecule has 1 N–H and O–H groups in total. The summed E-state index contributed by atoms with van der Waals surface area (Å²) in [5.74, 6) is -0.0376. The second-order valence-corrected chi connectivity index (χ2v) is 3.89. The van der Waals surface area contributed by atoms with Crippen molar-refractivity contribution in [2.24, 2.45) is 0 Å². The number of nitrogens with zero attached hydrogens (tertiary/aromatic N) is 2. The Morgan fingerprint density at radius 2 is 2.31 bits per heavy atom. The SMILES string of the molecule is O=C(NN1CCCC1)c1cncs1. The molecule has 0 saturated carbocycles. The van der Waals surface area contributed by atoms with Gasteiger partial charge >= 0.3 is 0 Å². The molecule has 5 heteroatoms. The molecule has 1 aromatic rings. The van der Waals surface area contributed by atoms with E-state index in [0.29, 0.717) is 4.88 Å². The molecule has 2 heterocycles. The number of aromatic nitrogens is 1. The van der Waals surface area contributed by atoms with Crippen LogP contribution < -0.4 is 5.43 Å². The average molecular weight is 197 g/mol. The van der Waals surface area contributed by atoms with Crippen LogP contribution in [0.3, 0.4) is 0 Å². The fourth-order valence-electron chi connectivity index (χ4n) is 1.36. The van der Waals surface area contributed by atoms with Crippen molar-refractivity contribution in [2.45, 2.75) is 12.8 Å². The number of thiazole rings is 1. The highest BCUT2D eigenvalue weighted by Gasteiger charge is 2.15. The molecule has 0 radical (unpaired) electrons. The van der Waals surface area contributed by atoms with E-state index in [9.17, 15) is 4.79 Å². The first-order valence-electron chi connectivity index (χ1n) is 4.31. The molecule has 0 spiro atoms. The van der Waals surface area contributed by atoms with Gasteiger partial charge in [0, 0.05) is 13.1 Å². The van der Waals surface area contributed by atoms with Crippen LogP contribution in [0, 0.1) is 0 Å². The van der Waals surface area contributed by atoms with Gasteiger partial charge in [-0.1, -0.05) is 0 Å². The van der Waals surface area contributed by atoms with E-state index in [1.54, 1.807) is 11.7 Å². The van der Waals surface area contributed by atoms with Crippen molar-refractivity contribution in [3.63, 3.8) is 0 Å². The standard InChI is InChI=1S/C8H11N3OS/c12-8(7-5-9-6-13-7)10-11-3-1-2-4-11/h5-6H,1-4H2,(H,10,12). The Labute approximate surface area is 80.6 Å². The number of carbonyl (C=O) groups is 1. The zero-order valence-electron chi connectivity index (χ0n) is 7.19. The number of carbonyl (C=O) groups excluding carboxylic acids is 1. The highest BCUT2D eigenvalue weighted by atomic mass is 32.1. The van der Waals surface area contributed by atoms with E-state index in [1.165, 1.54) is 24.2 Å². The highest BCUT2D eigenvalue weighted by molar-refractivity contribution is 7.11. The molecule has 1 aliphatic heterocycles. The number of hydrazine groups is 1. The van der Waals surface area contributed by atoms with E-state index in [1.807, 2.05) is 5.01 Å². The normalized spacial score (nSPS) is 17.5. The third-order valence-corrected chi connectivity index (χ3v) is 2.79. The van der Waals surface area contributed by atoms with Crippen LogP contribution in [-0.2, 0) is 0 Å². The number of hydrogen-bond acceptors (Lipinski definition) is 4. The van der Waals surface area contributed by atoms with Crippen LogP contribution in [0.25, 0.3) is 0 Å². The van der Waals surface area contributed by atoms with Gasteiger partial charge in [-0.15, -0.1) is 11.3 Å². The maximum Gasteiger partial charge on any atom is 0.277 e. The van der Waals surface area contributed by atoms with Gasteiger partial charge in [0.05, 0.1) is 11.7 Å². The minimum atomic E-state index is -0.0376. The smallest absolute Gasteiger partial charge is 0.277 e. The lowest BCUT2D eigenvalue weighted by molar-refractivity contribution is 0.0830. The lowest BCUT2D eigenvalue weighted by Crippen LogP contribution is -2.39. The van der Waals surface area contributed by atoms with E-state index in [4.69, 9.17) is 0 Å². The molecular formula is C8H11N3OS. The number of nitrogens with one attached hydrogen (secondary N) is 1. The fourth-order valence-corrected chi connectivity index (χ4v) is 1.87. The molecule has 4 nitrogen and oxygen atoms in total. The zero-order chi connectivity index (χ0) is 9.10. The van der Waals surface area contributed by atoms with Gasteiger partial charge in [-0.2, -0.15) is 0 Å². The third kappa shape index (κ3) is 2.05. The van der Waals surface area contributed by atoms with Gasteiger partial charge in [-0.25, -0.2) is 5.01 Å². The van der Waals surface area contributed by atoms with Gasteiger partial charge in [-0.3, -0.25) is 15.2 Å². The summed E-state index contributed by atoms with van der Waals surface area (Å²) in [6.45, 7) is 1.93. The Balaban J connectivity index is 1.91. The maximum atomic E-state index is 11.5. The minimum absolute atomic E-state index is 0.0376. The summed E-state index contributed by atoms with van der Waals surface area (Å²) < 4.78 is 0. The van der Waals surface area contributed by atoms with Crippen LogP contribution >= 0.6 is 11.3 Å². The van der Waals surface area contributed by atoms with Gasteiger partial charge in [-0.05, 0) is 12.8 Å². The Bertz CT molecular complexity index is 280. The van der Waals surface area contributed by atoms with Crippen molar-refractivity contribution in [1.82, 2.24) is 15.4 Å². The Hall–Kier alpha value is -0.940. The number of rotatable bonds is 2. The topological polar surface area (TPSA) is 45.2 Å². The molecule has 70 valence electrons. The van der Waals surface area contributed by atoms with Crippen LogP contribution in [0.2, 0.25) is 0 Å². The molecule has 2 rings (SSSR count). The third-order valence-electron chi connectivity index (χ3n) is 2.02. The molecule has 1 amide bonds. The van der Waals surface area contributed by atoms with Gasteiger partial charge in [0.15, 0.2) is 0 Å². The monoisotopic (exact) mass is 197 g/mol. The van der Waals surface area contributed by atoms with Crippen LogP contribution in [-0.4, -0.2) is 29.0 Å². The molecule has 0 bridgehead atoms. The van der Waals surface area contributed by atoms with Crippen LogP contribution in [0.15, 0.2) is 11.7 Å². The van der Waals surface area contributed by atoms with Crippen molar-refractivity contribution < 1.29 is 4.79 Å². The first kappa shape index (κ1) is 8.65. The van der Waals surface area contributed by atoms with Gasteiger partial charge < -0.3 is 0 Å². The Morgan fingerprint density at radius 3 is 2.92 bits per heavy atom. The first-order chi connectivity index (χ1) is 6.36. The molecule has 1 aliphatic rings. The summed E-state index contributed by atoms with van der Waals surface area (Å²) in [5, 5.41) is 1.96. The summed E-state index contributed by atoms with van der Waals surface area (Å²) >= 11 is 1.36. The van der Waals surface area contributed by atoms with Crippen molar-refractivity contribution >= 4 is 17.2 Å². The summed E-state index contributed by atoms with van der Waals surface area (Å²) in [7, 11) is 0. The van der Waals surface area contributed by atoms with E-state index in [2.05, 4.69) is 10.4 Å². The van der Waals surface area contributed by atoms with Crippen molar-refractivity contribution in [3.8, 4) is 0 Å². The highest BCUT2D eigenvalue weighted by Crippen LogP contribution is 2.08. The van der Waals surface area contributed by atoms with Crippen molar-refractivity contribution in [3.05, 3.63) is 16.6 Å². The van der Waals surface area contributed by atoms with Crippen LogP contribution in [0.1, 0.15) is 22.5 Å². The van der Waals surface area contributed by atoms with Gasteiger partial charge in [0.2, 0.25) is 0 Å². The molecule has 1 aromatic heterocycles. The fraction of sp³-hybridized carbons (Fsp3) is 0.500. The lowest BCUT2D eigenvalue weighted by Gasteiger charge is -2.14. The summed E-state index contributed by atoms with van der Waals surface area (Å²) in [6.07, 6.45) is 3.93. The van der Waals surface area contributed by atoms with E-state index in [-0.39, 0.29) is 5.91 Å². The average Bonchev–Trinajstić information content (AvgIpc) is 2.74. The largest absolute Gasteiger partial charge is 0.284 e.